The predicted octanol–water partition coefficient (Wildman–Crippen LogP) is 1.79. The molecular weight excluding hydrogens is 260 g/mol. The summed E-state index contributed by atoms with van der Waals surface area (Å²) in [4.78, 5) is 26.1. The maximum atomic E-state index is 12.5. The van der Waals surface area contributed by atoms with Gasteiger partial charge < -0.3 is 10.2 Å². The Labute approximate surface area is 119 Å². The summed E-state index contributed by atoms with van der Waals surface area (Å²) in [6.45, 7) is 5.64. The van der Waals surface area contributed by atoms with Gasteiger partial charge in [0.25, 0.3) is 0 Å². The van der Waals surface area contributed by atoms with Gasteiger partial charge in [-0.2, -0.15) is 11.8 Å². The van der Waals surface area contributed by atoms with Crippen LogP contribution in [0.25, 0.3) is 0 Å². The fraction of sp³-hybridized carbons (Fsp3) is 0.857. The SMILES string of the molecule is CCCC1NC(=O)CCN(CC2(C)CCCS2)C1=O. The minimum absolute atomic E-state index is 0.0125. The van der Waals surface area contributed by atoms with Crippen molar-refractivity contribution in [3.63, 3.8) is 0 Å². The molecule has 0 aromatic rings. The minimum Gasteiger partial charge on any atom is -0.344 e. The maximum Gasteiger partial charge on any atom is 0.245 e. The lowest BCUT2D eigenvalue weighted by Crippen LogP contribution is -2.48. The molecule has 108 valence electrons. The summed E-state index contributed by atoms with van der Waals surface area (Å²) in [5.74, 6) is 1.31. The van der Waals surface area contributed by atoms with Gasteiger partial charge in [0.05, 0.1) is 0 Å². The van der Waals surface area contributed by atoms with E-state index in [9.17, 15) is 9.59 Å². The molecule has 2 heterocycles. The summed E-state index contributed by atoms with van der Waals surface area (Å²) in [7, 11) is 0. The van der Waals surface area contributed by atoms with Crippen molar-refractivity contribution in [2.45, 2.75) is 56.7 Å². The zero-order valence-corrected chi connectivity index (χ0v) is 12.7. The topological polar surface area (TPSA) is 49.4 Å². The second-order valence-electron chi connectivity index (χ2n) is 5.82. The summed E-state index contributed by atoms with van der Waals surface area (Å²) in [5, 5.41) is 2.86. The van der Waals surface area contributed by atoms with Crippen molar-refractivity contribution in [1.29, 1.82) is 0 Å². The van der Waals surface area contributed by atoms with Crippen LogP contribution in [-0.2, 0) is 9.59 Å². The normalized spacial score (nSPS) is 32.3. The van der Waals surface area contributed by atoms with Crippen molar-refractivity contribution >= 4 is 23.6 Å². The Kier molecular flexibility index (Phi) is 4.76. The Bertz CT molecular complexity index is 353. The molecule has 0 bridgehead atoms. The molecule has 0 radical (unpaired) electrons. The van der Waals surface area contributed by atoms with Crippen LogP contribution in [0.4, 0.5) is 0 Å². The summed E-state index contributed by atoms with van der Waals surface area (Å²) in [6, 6.07) is -0.310. The third kappa shape index (κ3) is 3.65. The number of nitrogens with zero attached hydrogens (tertiary/aromatic N) is 1. The summed E-state index contributed by atoms with van der Waals surface area (Å²) in [5.41, 5.74) is 0. The first-order valence-corrected chi connectivity index (χ1v) is 8.25. The fourth-order valence-electron chi connectivity index (χ4n) is 2.90. The van der Waals surface area contributed by atoms with Crippen LogP contribution in [0.2, 0.25) is 0 Å². The van der Waals surface area contributed by atoms with Gasteiger partial charge >= 0.3 is 0 Å². The lowest BCUT2D eigenvalue weighted by atomic mass is 10.0. The molecule has 19 heavy (non-hydrogen) atoms. The van der Waals surface area contributed by atoms with Crippen LogP contribution in [0.3, 0.4) is 0 Å². The van der Waals surface area contributed by atoms with Gasteiger partial charge in [-0.05, 0) is 31.9 Å². The third-order valence-corrected chi connectivity index (χ3v) is 5.48. The first-order chi connectivity index (χ1) is 9.04. The van der Waals surface area contributed by atoms with Gasteiger partial charge in [-0.3, -0.25) is 9.59 Å². The first kappa shape index (κ1) is 14.7. The molecule has 0 spiro atoms. The molecule has 5 heteroatoms. The van der Waals surface area contributed by atoms with Crippen LogP contribution < -0.4 is 5.32 Å². The molecule has 2 aliphatic rings. The number of rotatable bonds is 4. The van der Waals surface area contributed by atoms with Gasteiger partial charge in [0.1, 0.15) is 6.04 Å². The Balaban J connectivity index is 2.05. The van der Waals surface area contributed by atoms with E-state index < -0.39 is 0 Å². The zero-order chi connectivity index (χ0) is 13.9. The standard InChI is InChI=1S/C14H24N2O2S/c1-3-5-11-13(18)16(8-6-12(17)15-11)10-14(2)7-4-9-19-14/h11H,3-10H2,1-2H3,(H,15,17). The summed E-state index contributed by atoms with van der Waals surface area (Å²) < 4.78 is 0.180. The van der Waals surface area contributed by atoms with Crippen LogP contribution in [0.1, 0.15) is 46.0 Å². The largest absolute Gasteiger partial charge is 0.344 e. The summed E-state index contributed by atoms with van der Waals surface area (Å²) >= 11 is 1.96. The number of nitrogens with one attached hydrogen (secondary N) is 1. The highest BCUT2D eigenvalue weighted by molar-refractivity contribution is 8.00. The molecule has 0 aliphatic carbocycles. The van der Waals surface area contributed by atoms with Crippen LogP contribution in [0.5, 0.6) is 0 Å². The molecule has 1 N–H and O–H groups in total. The Morgan fingerprint density at radius 2 is 2.26 bits per heavy atom. The highest BCUT2D eigenvalue weighted by Gasteiger charge is 2.36. The number of carbonyl (C=O) groups excluding carboxylic acids is 2. The molecule has 2 amide bonds. The number of hydrogen-bond donors (Lipinski definition) is 1. The lowest BCUT2D eigenvalue weighted by molar-refractivity contribution is -0.134. The highest BCUT2D eigenvalue weighted by atomic mass is 32.2. The molecule has 4 nitrogen and oxygen atoms in total. The van der Waals surface area contributed by atoms with Crippen molar-refractivity contribution in [1.82, 2.24) is 10.2 Å². The van der Waals surface area contributed by atoms with Crippen LogP contribution >= 0.6 is 11.8 Å². The van der Waals surface area contributed by atoms with Crippen LogP contribution in [0, 0.1) is 0 Å². The van der Waals surface area contributed by atoms with E-state index in [4.69, 9.17) is 0 Å². The number of thioether (sulfide) groups is 1. The molecule has 2 rings (SSSR count). The molecule has 2 saturated heterocycles. The first-order valence-electron chi connectivity index (χ1n) is 7.26. The molecule has 2 aliphatic heterocycles. The average Bonchev–Trinajstić information content (AvgIpc) is 2.75. The Hall–Kier alpha value is -0.710. The van der Waals surface area contributed by atoms with Crippen LogP contribution in [-0.4, -0.2) is 46.3 Å². The highest BCUT2D eigenvalue weighted by Crippen LogP contribution is 2.38. The van der Waals surface area contributed by atoms with Gasteiger partial charge in [0, 0.05) is 24.3 Å². The lowest BCUT2D eigenvalue weighted by Gasteiger charge is -2.32. The van der Waals surface area contributed by atoms with E-state index >= 15 is 0 Å². The van der Waals surface area contributed by atoms with E-state index in [0.717, 1.165) is 19.4 Å². The quantitative estimate of drug-likeness (QED) is 0.856. The Morgan fingerprint density at radius 1 is 1.47 bits per heavy atom. The second-order valence-corrected chi connectivity index (χ2v) is 7.50. The Morgan fingerprint density at radius 3 is 2.89 bits per heavy atom. The van der Waals surface area contributed by atoms with E-state index in [2.05, 4.69) is 12.2 Å². The second kappa shape index (κ2) is 6.16. The van der Waals surface area contributed by atoms with Gasteiger partial charge in [0.2, 0.25) is 11.8 Å². The van der Waals surface area contributed by atoms with Gasteiger partial charge in [-0.1, -0.05) is 13.3 Å². The molecule has 2 fully saturated rings. The van der Waals surface area contributed by atoms with E-state index in [1.807, 2.05) is 23.6 Å². The van der Waals surface area contributed by atoms with Crippen molar-refractivity contribution in [2.75, 3.05) is 18.8 Å². The fourth-order valence-corrected chi connectivity index (χ4v) is 4.22. The number of hydrogen-bond acceptors (Lipinski definition) is 3. The number of carbonyl (C=O) groups is 2. The molecular formula is C14H24N2O2S. The third-order valence-electron chi connectivity index (χ3n) is 3.96. The number of amides is 2. The monoisotopic (exact) mass is 284 g/mol. The van der Waals surface area contributed by atoms with Crippen molar-refractivity contribution < 1.29 is 9.59 Å². The van der Waals surface area contributed by atoms with Gasteiger partial charge in [-0.25, -0.2) is 0 Å². The predicted molar refractivity (Wildman–Crippen MR) is 78.1 cm³/mol. The van der Waals surface area contributed by atoms with Crippen LogP contribution in [0.15, 0.2) is 0 Å². The van der Waals surface area contributed by atoms with Crippen molar-refractivity contribution in [3.8, 4) is 0 Å². The van der Waals surface area contributed by atoms with Crippen molar-refractivity contribution in [3.05, 3.63) is 0 Å². The van der Waals surface area contributed by atoms with Gasteiger partial charge in [0.15, 0.2) is 0 Å². The van der Waals surface area contributed by atoms with Gasteiger partial charge in [-0.15, -0.1) is 0 Å². The molecule has 0 saturated carbocycles. The molecule has 2 atom stereocenters. The maximum absolute atomic E-state index is 12.5. The zero-order valence-electron chi connectivity index (χ0n) is 11.9. The smallest absolute Gasteiger partial charge is 0.245 e. The van der Waals surface area contributed by atoms with Crippen molar-refractivity contribution in [2.24, 2.45) is 0 Å². The van der Waals surface area contributed by atoms with E-state index in [-0.39, 0.29) is 22.6 Å². The molecule has 2 unspecified atom stereocenters. The minimum atomic E-state index is -0.310. The molecule has 0 aromatic carbocycles. The summed E-state index contributed by atoms with van der Waals surface area (Å²) in [6.07, 6.45) is 4.49. The van der Waals surface area contributed by atoms with E-state index in [0.29, 0.717) is 13.0 Å². The average molecular weight is 284 g/mol. The molecule has 0 aromatic heterocycles. The van der Waals surface area contributed by atoms with E-state index in [1.54, 1.807) is 0 Å². The van der Waals surface area contributed by atoms with E-state index in [1.165, 1.54) is 18.6 Å².